The van der Waals surface area contributed by atoms with Crippen LogP contribution in [0.3, 0.4) is 0 Å². The molecule has 2 saturated heterocycles. The van der Waals surface area contributed by atoms with Crippen molar-refractivity contribution < 1.29 is 9.31 Å². The molecule has 2 aliphatic heterocycles. The number of likely N-dealkylation sites (N-methyl/N-ethyl adjacent to an activating group) is 1. The highest BCUT2D eigenvalue weighted by molar-refractivity contribution is 6.45. The summed E-state index contributed by atoms with van der Waals surface area (Å²) in [7, 11) is 2.12. The minimum absolute atomic E-state index is 0.0505. The average molecular weight is 265 g/mol. The Hall–Kier alpha value is -0.315. The standard InChI is InChI=1S/C15H28BNO2/c1-12-9-13(11-17(6)10-12)7-8-16-18-14(2,3)15(4,5)19-16/h13H,1,7-11H2,2-6H3/t13-/m0/s1. The van der Waals surface area contributed by atoms with E-state index in [-0.39, 0.29) is 18.3 Å². The molecule has 0 aromatic carbocycles. The first-order chi connectivity index (χ1) is 8.69. The van der Waals surface area contributed by atoms with Crippen molar-refractivity contribution in [3.05, 3.63) is 12.2 Å². The minimum Gasteiger partial charge on any atom is -0.403 e. The van der Waals surface area contributed by atoms with Gasteiger partial charge in [-0.1, -0.05) is 18.6 Å². The first-order valence-corrected chi connectivity index (χ1v) is 7.40. The van der Waals surface area contributed by atoms with Gasteiger partial charge in [0.05, 0.1) is 11.2 Å². The van der Waals surface area contributed by atoms with Crippen molar-refractivity contribution in [2.24, 2.45) is 5.92 Å². The monoisotopic (exact) mass is 265 g/mol. The third-order valence-corrected chi connectivity index (χ3v) is 4.75. The first-order valence-electron chi connectivity index (χ1n) is 7.40. The number of hydrogen-bond donors (Lipinski definition) is 0. The third kappa shape index (κ3) is 3.42. The molecule has 4 heteroatoms. The molecule has 2 fully saturated rings. The van der Waals surface area contributed by atoms with E-state index < -0.39 is 0 Å². The largest absolute Gasteiger partial charge is 0.457 e. The van der Waals surface area contributed by atoms with Crippen molar-refractivity contribution in [1.29, 1.82) is 0 Å². The van der Waals surface area contributed by atoms with Crippen molar-refractivity contribution in [3.8, 4) is 0 Å². The number of rotatable bonds is 3. The van der Waals surface area contributed by atoms with Crippen molar-refractivity contribution in [1.82, 2.24) is 4.90 Å². The van der Waals surface area contributed by atoms with Crippen LogP contribution in [-0.4, -0.2) is 43.4 Å². The van der Waals surface area contributed by atoms with Gasteiger partial charge in [0.2, 0.25) is 0 Å². The summed E-state index contributed by atoms with van der Waals surface area (Å²) in [5.41, 5.74) is 0.947. The number of hydrogen-bond acceptors (Lipinski definition) is 3. The van der Waals surface area contributed by atoms with Gasteiger partial charge in [-0.05, 0) is 53.4 Å². The summed E-state index contributed by atoms with van der Waals surface area (Å²) in [5.74, 6) is 0.699. The minimum atomic E-state index is -0.204. The Labute approximate surface area is 118 Å². The van der Waals surface area contributed by atoms with E-state index in [0.29, 0.717) is 5.92 Å². The summed E-state index contributed by atoms with van der Waals surface area (Å²) >= 11 is 0. The van der Waals surface area contributed by atoms with Gasteiger partial charge in [0.15, 0.2) is 0 Å². The summed E-state index contributed by atoms with van der Waals surface area (Å²) in [5, 5.41) is 0. The normalized spacial score (nSPS) is 30.9. The Balaban J connectivity index is 1.82. The van der Waals surface area contributed by atoms with Crippen molar-refractivity contribution in [2.45, 2.75) is 58.1 Å². The van der Waals surface area contributed by atoms with E-state index in [9.17, 15) is 0 Å². The molecule has 3 nitrogen and oxygen atoms in total. The molecule has 0 aromatic rings. The Morgan fingerprint density at radius 3 is 2.37 bits per heavy atom. The molecule has 0 saturated carbocycles. The van der Waals surface area contributed by atoms with Gasteiger partial charge >= 0.3 is 7.12 Å². The molecule has 0 aliphatic carbocycles. The zero-order valence-corrected chi connectivity index (χ0v) is 13.2. The molecular weight excluding hydrogens is 237 g/mol. The Morgan fingerprint density at radius 1 is 1.26 bits per heavy atom. The maximum absolute atomic E-state index is 6.05. The van der Waals surface area contributed by atoms with E-state index in [1.165, 1.54) is 12.1 Å². The van der Waals surface area contributed by atoms with Gasteiger partial charge in [-0.25, -0.2) is 0 Å². The molecule has 0 unspecified atom stereocenters. The van der Waals surface area contributed by atoms with E-state index in [1.54, 1.807) is 0 Å². The molecule has 0 spiro atoms. The SMILES string of the molecule is C=C1C[C@H](CCB2OC(C)(C)C(C)(C)O2)CN(C)C1. The van der Waals surface area contributed by atoms with Crippen LogP contribution in [0.25, 0.3) is 0 Å². The fourth-order valence-electron chi connectivity index (χ4n) is 3.07. The molecule has 108 valence electrons. The predicted molar refractivity (Wildman–Crippen MR) is 80.3 cm³/mol. The summed E-state index contributed by atoms with van der Waals surface area (Å²) < 4.78 is 12.1. The van der Waals surface area contributed by atoms with E-state index >= 15 is 0 Å². The van der Waals surface area contributed by atoms with Gasteiger partial charge in [-0.3, -0.25) is 0 Å². The van der Waals surface area contributed by atoms with Crippen LogP contribution in [-0.2, 0) is 9.31 Å². The van der Waals surface area contributed by atoms with Gasteiger partial charge in [0, 0.05) is 13.1 Å². The Bertz CT molecular complexity index is 338. The summed E-state index contributed by atoms with van der Waals surface area (Å²) in [4.78, 5) is 2.36. The second-order valence-corrected chi connectivity index (χ2v) is 7.28. The lowest BCUT2D eigenvalue weighted by Crippen LogP contribution is -2.41. The van der Waals surface area contributed by atoms with E-state index in [2.05, 4.69) is 46.2 Å². The zero-order valence-electron chi connectivity index (χ0n) is 13.2. The van der Waals surface area contributed by atoms with Crippen LogP contribution in [0.1, 0.15) is 40.5 Å². The lowest BCUT2D eigenvalue weighted by molar-refractivity contribution is 0.00578. The molecule has 2 rings (SSSR count). The second kappa shape index (κ2) is 5.23. The van der Waals surface area contributed by atoms with Gasteiger partial charge < -0.3 is 14.2 Å². The topological polar surface area (TPSA) is 21.7 Å². The van der Waals surface area contributed by atoms with Crippen molar-refractivity contribution >= 4 is 7.12 Å². The molecular formula is C15H28BNO2. The molecule has 0 N–H and O–H groups in total. The van der Waals surface area contributed by atoms with Crippen LogP contribution in [0, 0.1) is 5.92 Å². The van der Waals surface area contributed by atoms with E-state index in [0.717, 1.165) is 25.7 Å². The average Bonchev–Trinajstić information content (AvgIpc) is 2.43. The molecule has 0 amide bonds. The smallest absolute Gasteiger partial charge is 0.403 e. The van der Waals surface area contributed by atoms with Gasteiger partial charge in [0.1, 0.15) is 0 Å². The van der Waals surface area contributed by atoms with Crippen LogP contribution in [0.4, 0.5) is 0 Å². The predicted octanol–water partition coefficient (Wildman–Crippen LogP) is 2.98. The highest BCUT2D eigenvalue weighted by Gasteiger charge is 2.50. The maximum atomic E-state index is 6.05. The highest BCUT2D eigenvalue weighted by Crippen LogP contribution is 2.38. The number of nitrogens with zero attached hydrogens (tertiary/aromatic N) is 1. The Kier molecular flexibility index (Phi) is 4.15. The van der Waals surface area contributed by atoms with Crippen LogP contribution >= 0.6 is 0 Å². The van der Waals surface area contributed by atoms with Crippen LogP contribution in [0.2, 0.25) is 6.32 Å². The first kappa shape index (κ1) is 15.1. The molecule has 2 heterocycles. The maximum Gasteiger partial charge on any atom is 0.457 e. The molecule has 1 atom stereocenters. The van der Waals surface area contributed by atoms with Crippen molar-refractivity contribution in [2.75, 3.05) is 20.1 Å². The van der Waals surface area contributed by atoms with Gasteiger partial charge in [0.25, 0.3) is 0 Å². The summed E-state index contributed by atoms with van der Waals surface area (Å²) in [6.45, 7) is 14.8. The molecule has 19 heavy (non-hydrogen) atoms. The lowest BCUT2D eigenvalue weighted by Gasteiger charge is -2.32. The Morgan fingerprint density at radius 2 is 1.84 bits per heavy atom. The van der Waals surface area contributed by atoms with Crippen LogP contribution in [0.5, 0.6) is 0 Å². The fraction of sp³-hybridized carbons (Fsp3) is 0.867. The van der Waals surface area contributed by atoms with E-state index in [4.69, 9.17) is 9.31 Å². The zero-order chi connectivity index (χ0) is 14.3. The molecule has 0 radical (unpaired) electrons. The van der Waals surface area contributed by atoms with Crippen LogP contribution in [0.15, 0.2) is 12.2 Å². The summed E-state index contributed by atoms with van der Waals surface area (Å²) in [6.07, 6.45) is 3.29. The molecule has 2 aliphatic rings. The number of likely N-dealkylation sites (tertiary alicyclic amines) is 1. The highest BCUT2D eigenvalue weighted by atomic mass is 16.7. The molecule has 0 bridgehead atoms. The third-order valence-electron chi connectivity index (χ3n) is 4.75. The van der Waals surface area contributed by atoms with Crippen LogP contribution < -0.4 is 0 Å². The second-order valence-electron chi connectivity index (χ2n) is 7.28. The quantitative estimate of drug-likeness (QED) is 0.578. The number of piperidine rings is 1. The summed E-state index contributed by atoms with van der Waals surface area (Å²) in [6, 6.07) is 0. The van der Waals surface area contributed by atoms with Crippen molar-refractivity contribution in [3.63, 3.8) is 0 Å². The van der Waals surface area contributed by atoms with Gasteiger partial charge in [-0.15, -0.1) is 0 Å². The fourth-order valence-corrected chi connectivity index (χ4v) is 3.07. The molecule has 0 aromatic heterocycles. The van der Waals surface area contributed by atoms with E-state index in [1.807, 2.05) is 0 Å². The van der Waals surface area contributed by atoms with Gasteiger partial charge in [-0.2, -0.15) is 0 Å². The lowest BCUT2D eigenvalue weighted by atomic mass is 9.77.